The molecule has 0 N–H and O–H groups in total. The van der Waals surface area contributed by atoms with Gasteiger partial charge in [-0.15, -0.1) is 0 Å². The molecule has 1 fully saturated rings. The van der Waals surface area contributed by atoms with Crippen LogP contribution in [-0.4, -0.2) is 55.1 Å². The third kappa shape index (κ3) is 8.70. The first-order chi connectivity index (χ1) is 14.5. The van der Waals surface area contributed by atoms with E-state index in [1.165, 1.54) is 25.7 Å². The highest BCUT2D eigenvalue weighted by molar-refractivity contribution is 7.35. The molecular weight excluding hydrogens is 399 g/mol. The Morgan fingerprint density at radius 2 is 1.47 bits per heavy atom. The molecule has 1 aliphatic heterocycles. The van der Waals surface area contributed by atoms with E-state index in [0.717, 1.165) is 37.7 Å². The Kier molecular flexibility index (Phi) is 12.0. The van der Waals surface area contributed by atoms with Gasteiger partial charge in [-0.1, -0.05) is 68.9 Å². The average Bonchev–Trinajstić information content (AvgIpc) is 2.78. The highest BCUT2D eigenvalue weighted by Gasteiger charge is 2.30. The van der Waals surface area contributed by atoms with Crippen molar-refractivity contribution in [3.63, 3.8) is 0 Å². The standard InChI is InChI=1S/C23H38N2O4P/c1-25(30(27)28,24-17-20-29-21-18-24)19-13-8-6-4-2-3-5-7-12-16-23(26)22-14-10-9-11-15-22/h9-11,14-15H,2-8,12-13,16-21H2,1H3/q-1. The average molecular weight is 438 g/mol. The molecule has 0 saturated carbocycles. The third-order valence-electron chi connectivity index (χ3n) is 6.03. The summed E-state index contributed by atoms with van der Waals surface area (Å²) in [6, 6.07) is 9.54. The molecule has 0 aromatic heterocycles. The fourth-order valence-corrected chi connectivity index (χ4v) is 4.70. The number of hydrogen-bond donors (Lipinski definition) is 0. The zero-order valence-electron chi connectivity index (χ0n) is 18.5. The summed E-state index contributed by atoms with van der Waals surface area (Å²) in [4.78, 5) is 35.7. The second-order valence-electron chi connectivity index (χ2n) is 8.34. The molecule has 0 aliphatic carbocycles. The Balaban J connectivity index is 1.46. The summed E-state index contributed by atoms with van der Waals surface area (Å²) in [5.74, 6) is 0.248. The zero-order chi connectivity index (χ0) is 21.7. The van der Waals surface area contributed by atoms with Crippen LogP contribution in [0.1, 0.15) is 74.6 Å². The molecule has 1 saturated heterocycles. The summed E-state index contributed by atoms with van der Waals surface area (Å²) in [6.45, 7) is 3.22. The van der Waals surface area contributed by atoms with Crippen LogP contribution in [-0.2, 0) is 4.74 Å². The normalized spacial score (nSPS) is 17.2. The first-order valence-electron chi connectivity index (χ1n) is 11.5. The lowest BCUT2D eigenvalue weighted by atomic mass is 10.0. The van der Waals surface area contributed by atoms with Gasteiger partial charge < -0.3 is 14.5 Å². The van der Waals surface area contributed by atoms with Gasteiger partial charge in [0.25, 0.3) is 0 Å². The van der Waals surface area contributed by atoms with Crippen molar-refractivity contribution in [3.05, 3.63) is 35.9 Å². The molecule has 1 unspecified atom stereocenters. The van der Waals surface area contributed by atoms with E-state index in [-0.39, 0.29) is 10.1 Å². The Morgan fingerprint density at radius 3 is 2.03 bits per heavy atom. The van der Waals surface area contributed by atoms with E-state index in [1.54, 1.807) is 7.05 Å². The van der Waals surface area contributed by atoms with Crippen LogP contribution in [0.3, 0.4) is 0 Å². The minimum Gasteiger partial charge on any atom is -0.793 e. The van der Waals surface area contributed by atoms with Gasteiger partial charge in [0, 0.05) is 12.0 Å². The van der Waals surface area contributed by atoms with E-state index >= 15 is 0 Å². The maximum atomic E-state index is 12.0. The van der Waals surface area contributed by atoms with Crippen LogP contribution in [0.25, 0.3) is 0 Å². The Morgan fingerprint density at radius 1 is 0.933 bits per heavy atom. The summed E-state index contributed by atoms with van der Waals surface area (Å²) in [7, 11) is -0.736. The molecule has 0 bridgehead atoms. The molecule has 2 rings (SSSR count). The highest BCUT2D eigenvalue weighted by Crippen LogP contribution is 2.33. The minimum absolute atomic E-state index is 0.0143. The molecule has 30 heavy (non-hydrogen) atoms. The number of carbonyl (C=O) groups is 1. The smallest absolute Gasteiger partial charge is 0.162 e. The molecule has 6 nitrogen and oxygen atoms in total. The lowest BCUT2D eigenvalue weighted by molar-refractivity contribution is -0.939. The van der Waals surface area contributed by atoms with Gasteiger partial charge in [-0.2, -0.15) is 5.01 Å². The lowest BCUT2D eigenvalue weighted by Gasteiger charge is -2.55. The monoisotopic (exact) mass is 437 g/mol. The molecule has 0 spiro atoms. The van der Waals surface area contributed by atoms with Crippen LogP contribution < -0.4 is 9.79 Å². The molecule has 1 heterocycles. The fraction of sp³-hybridized carbons (Fsp3) is 0.696. The summed E-state index contributed by atoms with van der Waals surface area (Å²) >= 11 is 0. The topological polar surface area (TPSA) is 75.7 Å². The van der Waals surface area contributed by atoms with Crippen molar-refractivity contribution in [2.24, 2.45) is 0 Å². The van der Waals surface area contributed by atoms with Crippen molar-refractivity contribution in [3.8, 4) is 0 Å². The van der Waals surface area contributed by atoms with Gasteiger partial charge in [-0.3, -0.25) is 9.16 Å². The van der Waals surface area contributed by atoms with E-state index < -0.39 is 8.53 Å². The number of ketones is 1. The van der Waals surface area contributed by atoms with Crippen molar-refractivity contribution in [1.82, 2.24) is 5.01 Å². The van der Waals surface area contributed by atoms with Gasteiger partial charge in [-0.05, 0) is 27.8 Å². The van der Waals surface area contributed by atoms with E-state index in [9.17, 15) is 14.6 Å². The number of hydrogen-bond acceptors (Lipinski definition) is 5. The number of carbonyl (C=O) groups excluding carboxylic acids is 1. The number of rotatable bonds is 15. The van der Waals surface area contributed by atoms with Crippen LogP contribution in [0.4, 0.5) is 0 Å². The van der Waals surface area contributed by atoms with Gasteiger partial charge in [0.2, 0.25) is 0 Å². The van der Waals surface area contributed by atoms with Crippen LogP contribution >= 0.6 is 8.53 Å². The SMILES string of the molecule is C[N+](CCCCCCCCCCCC(=O)c1ccccc1)(N1CCOCC1)P([O-])[O-]. The van der Waals surface area contributed by atoms with E-state index in [0.29, 0.717) is 39.3 Å². The number of benzene rings is 1. The molecular formula is C23H38N2O4P-. The summed E-state index contributed by atoms with van der Waals surface area (Å²) in [5, 5.41) is 2.01. The van der Waals surface area contributed by atoms with E-state index in [1.807, 2.05) is 35.3 Å². The van der Waals surface area contributed by atoms with Crippen molar-refractivity contribution in [2.45, 2.75) is 64.2 Å². The molecule has 1 atom stereocenters. The molecule has 1 aliphatic rings. The summed E-state index contributed by atoms with van der Waals surface area (Å²) < 4.78 is 5.36. The predicted octanol–water partition coefficient (Wildman–Crippen LogP) is 3.41. The highest BCUT2D eigenvalue weighted by atomic mass is 31.2. The van der Waals surface area contributed by atoms with E-state index in [4.69, 9.17) is 4.74 Å². The fourth-order valence-electron chi connectivity index (χ4n) is 4.01. The van der Waals surface area contributed by atoms with Crippen LogP contribution in [0.2, 0.25) is 0 Å². The van der Waals surface area contributed by atoms with Crippen molar-refractivity contribution < 1.29 is 23.7 Å². The first kappa shape index (κ1) is 25.4. The maximum absolute atomic E-state index is 12.0. The van der Waals surface area contributed by atoms with Gasteiger partial charge >= 0.3 is 0 Å². The Bertz CT molecular complexity index is 596. The zero-order valence-corrected chi connectivity index (χ0v) is 19.4. The molecule has 1 aromatic rings. The van der Waals surface area contributed by atoms with Crippen molar-refractivity contribution in [2.75, 3.05) is 39.9 Å². The van der Waals surface area contributed by atoms with Gasteiger partial charge in [0.05, 0.1) is 39.9 Å². The first-order valence-corrected chi connectivity index (χ1v) is 12.6. The maximum Gasteiger partial charge on any atom is 0.162 e. The molecule has 1 aromatic carbocycles. The Hall–Kier alpha value is -0.880. The second kappa shape index (κ2) is 14.2. The van der Waals surface area contributed by atoms with Crippen LogP contribution in [0.15, 0.2) is 30.3 Å². The number of nitrogens with zero attached hydrogens (tertiary/aromatic N) is 2. The Labute approximate surface area is 183 Å². The number of Topliss-reactive ketones (excluding diaryl/α,β-unsaturated/α-hetero) is 1. The second-order valence-corrected chi connectivity index (χ2v) is 9.67. The largest absolute Gasteiger partial charge is 0.793 e. The molecule has 170 valence electrons. The minimum atomic E-state index is -2.54. The van der Waals surface area contributed by atoms with Crippen LogP contribution in [0, 0.1) is 0 Å². The van der Waals surface area contributed by atoms with Gasteiger partial charge in [-0.25, -0.2) is 0 Å². The van der Waals surface area contributed by atoms with E-state index in [2.05, 4.69) is 0 Å². The number of morpholine rings is 1. The number of unbranched alkanes of at least 4 members (excludes halogenated alkanes) is 8. The number of quaternary nitrogens is 1. The third-order valence-corrected chi connectivity index (χ3v) is 7.19. The summed E-state index contributed by atoms with van der Waals surface area (Å²) in [6.07, 6.45) is 10.7. The molecule has 0 amide bonds. The van der Waals surface area contributed by atoms with Crippen molar-refractivity contribution >= 4 is 14.3 Å². The number of ether oxygens (including phenoxy) is 1. The van der Waals surface area contributed by atoms with Crippen LogP contribution in [0.5, 0.6) is 0 Å². The summed E-state index contributed by atoms with van der Waals surface area (Å²) in [5.41, 5.74) is 0.822. The molecule has 0 radical (unpaired) electrons. The lowest BCUT2D eigenvalue weighted by Crippen LogP contribution is -2.61. The predicted molar refractivity (Wildman–Crippen MR) is 117 cm³/mol. The van der Waals surface area contributed by atoms with Gasteiger partial charge in [0.15, 0.2) is 5.78 Å². The quantitative estimate of drug-likeness (QED) is 0.239. The molecule has 7 heteroatoms. The van der Waals surface area contributed by atoms with Crippen molar-refractivity contribution in [1.29, 1.82) is 0 Å². The van der Waals surface area contributed by atoms with Gasteiger partial charge in [0.1, 0.15) is 0 Å².